The third-order valence-corrected chi connectivity index (χ3v) is 7.72. The molecule has 1 fully saturated rings. The molecule has 4 rings (SSSR count). The molecule has 0 spiro atoms. The smallest absolute Gasteiger partial charge is 0.257 e. The van der Waals surface area contributed by atoms with Crippen molar-refractivity contribution in [3.63, 3.8) is 0 Å². The number of aromatic nitrogens is 3. The van der Waals surface area contributed by atoms with Gasteiger partial charge in [0, 0.05) is 30.2 Å². The zero-order valence-corrected chi connectivity index (χ0v) is 19.5. The molecule has 1 aromatic carbocycles. The molecule has 8 nitrogen and oxygen atoms in total. The molecule has 0 bridgehead atoms. The zero-order chi connectivity index (χ0) is 22.9. The number of carbonyl (C=O) groups excluding carboxylic acids is 1. The van der Waals surface area contributed by atoms with Crippen LogP contribution in [0.25, 0.3) is 11.0 Å². The standard InChI is InChI=1S/C23H29N5O3S/c1-16(2)28-22-18(15-24-28)14-21(17(3)25-22)23(29)26-19-8-10-20(11-9-19)32(30,31)27-12-6-4-5-7-13-27/h8-11,14-16H,4-7,12-13H2,1-3H3,(H,26,29). The summed E-state index contributed by atoms with van der Waals surface area (Å²) in [7, 11) is -3.52. The topological polar surface area (TPSA) is 97.2 Å². The van der Waals surface area contributed by atoms with Crippen LogP contribution in [0, 0.1) is 6.92 Å². The number of nitrogens with one attached hydrogen (secondary N) is 1. The summed E-state index contributed by atoms with van der Waals surface area (Å²) in [4.78, 5) is 17.7. The van der Waals surface area contributed by atoms with Crippen LogP contribution in [0.3, 0.4) is 0 Å². The van der Waals surface area contributed by atoms with Gasteiger partial charge in [-0.25, -0.2) is 18.1 Å². The molecule has 2 aromatic heterocycles. The highest BCUT2D eigenvalue weighted by molar-refractivity contribution is 7.89. The van der Waals surface area contributed by atoms with E-state index in [-0.39, 0.29) is 16.8 Å². The lowest BCUT2D eigenvalue weighted by Crippen LogP contribution is -2.31. The van der Waals surface area contributed by atoms with E-state index in [2.05, 4.69) is 15.4 Å². The van der Waals surface area contributed by atoms with Gasteiger partial charge < -0.3 is 5.32 Å². The first-order valence-electron chi connectivity index (χ1n) is 11.0. The van der Waals surface area contributed by atoms with E-state index >= 15 is 0 Å². The quantitative estimate of drug-likeness (QED) is 0.624. The molecule has 0 unspecified atom stereocenters. The Morgan fingerprint density at radius 2 is 1.72 bits per heavy atom. The Hall–Kier alpha value is -2.78. The number of hydrogen-bond acceptors (Lipinski definition) is 5. The fourth-order valence-corrected chi connectivity index (χ4v) is 5.53. The SMILES string of the molecule is Cc1nc2c(cnn2C(C)C)cc1C(=O)Nc1ccc(S(=O)(=O)N2CCCCCC2)cc1. The van der Waals surface area contributed by atoms with E-state index in [1.807, 2.05) is 18.5 Å². The molecular formula is C23H29N5O3S. The lowest BCUT2D eigenvalue weighted by Gasteiger charge is -2.20. The monoisotopic (exact) mass is 455 g/mol. The first-order valence-corrected chi connectivity index (χ1v) is 12.5. The Kier molecular flexibility index (Phi) is 6.30. The van der Waals surface area contributed by atoms with Gasteiger partial charge in [-0.2, -0.15) is 9.40 Å². The van der Waals surface area contributed by atoms with Crippen LogP contribution < -0.4 is 5.32 Å². The van der Waals surface area contributed by atoms with Crippen LogP contribution in [-0.2, 0) is 10.0 Å². The minimum atomic E-state index is -3.52. The molecule has 1 aliphatic rings. The maximum absolute atomic E-state index is 12.9. The Morgan fingerprint density at radius 3 is 2.34 bits per heavy atom. The van der Waals surface area contributed by atoms with Gasteiger partial charge in [0.15, 0.2) is 5.65 Å². The molecule has 9 heteroatoms. The molecule has 0 atom stereocenters. The Bertz CT molecular complexity index is 1220. The van der Waals surface area contributed by atoms with E-state index < -0.39 is 10.0 Å². The number of nitrogens with zero attached hydrogens (tertiary/aromatic N) is 4. The molecular weight excluding hydrogens is 426 g/mol. The number of amides is 1. The third-order valence-electron chi connectivity index (χ3n) is 5.81. The number of carbonyl (C=O) groups is 1. The molecule has 3 aromatic rings. The summed E-state index contributed by atoms with van der Waals surface area (Å²) in [5.74, 6) is -0.294. The van der Waals surface area contributed by atoms with Crippen molar-refractivity contribution in [3.8, 4) is 0 Å². The number of rotatable bonds is 5. The molecule has 1 saturated heterocycles. The Balaban J connectivity index is 1.52. The van der Waals surface area contributed by atoms with E-state index in [4.69, 9.17) is 0 Å². The second-order valence-electron chi connectivity index (χ2n) is 8.51. The summed E-state index contributed by atoms with van der Waals surface area (Å²) < 4.78 is 29.3. The van der Waals surface area contributed by atoms with Crippen molar-refractivity contribution < 1.29 is 13.2 Å². The molecule has 0 saturated carbocycles. The lowest BCUT2D eigenvalue weighted by atomic mass is 10.1. The van der Waals surface area contributed by atoms with Gasteiger partial charge in [0.1, 0.15) is 0 Å². The van der Waals surface area contributed by atoms with Crippen LogP contribution >= 0.6 is 0 Å². The van der Waals surface area contributed by atoms with Crippen LogP contribution in [-0.4, -0.2) is 46.5 Å². The lowest BCUT2D eigenvalue weighted by molar-refractivity contribution is 0.102. The van der Waals surface area contributed by atoms with E-state index in [1.165, 1.54) is 0 Å². The molecule has 0 aliphatic carbocycles. The van der Waals surface area contributed by atoms with Gasteiger partial charge in [-0.05, 0) is 63.9 Å². The van der Waals surface area contributed by atoms with Crippen LogP contribution in [0.4, 0.5) is 5.69 Å². The summed E-state index contributed by atoms with van der Waals surface area (Å²) >= 11 is 0. The molecule has 0 radical (unpaired) electrons. The normalized spacial score (nSPS) is 15.8. The van der Waals surface area contributed by atoms with Crippen molar-refractivity contribution in [2.24, 2.45) is 0 Å². The highest BCUT2D eigenvalue weighted by atomic mass is 32.2. The summed E-state index contributed by atoms with van der Waals surface area (Å²) in [6, 6.07) is 8.31. The zero-order valence-electron chi connectivity index (χ0n) is 18.7. The number of sulfonamides is 1. The molecule has 170 valence electrons. The van der Waals surface area contributed by atoms with Crippen LogP contribution in [0.2, 0.25) is 0 Å². The highest BCUT2D eigenvalue weighted by Crippen LogP contribution is 2.23. The van der Waals surface area contributed by atoms with Gasteiger partial charge in [0.2, 0.25) is 10.0 Å². The first kappa shape index (κ1) is 22.4. The van der Waals surface area contributed by atoms with Crippen molar-refractivity contribution >= 4 is 32.7 Å². The fraction of sp³-hybridized carbons (Fsp3) is 0.435. The largest absolute Gasteiger partial charge is 0.322 e. The Morgan fingerprint density at radius 1 is 1.06 bits per heavy atom. The van der Waals surface area contributed by atoms with E-state index in [1.54, 1.807) is 47.8 Å². The Labute approximate surface area is 188 Å². The average Bonchev–Trinajstić information content (AvgIpc) is 2.97. The van der Waals surface area contributed by atoms with Gasteiger partial charge in [-0.1, -0.05) is 12.8 Å². The van der Waals surface area contributed by atoms with Crippen LogP contribution in [0.15, 0.2) is 41.4 Å². The summed E-state index contributed by atoms with van der Waals surface area (Å²) in [5.41, 5.74) is 2.35. The number of benzene rings is 1. The van der Waals surface area contributed by atoms with Gasteiger partial charge in [0.05, 0.1) is 22.3 Å². The van der Waals surface area contributed by atoms with Crippen molar-refractivity contribution in [2.75, 3.05) is 18.4 Å². The number of aryl methyl sites for hydroxylation is 1. The minimum Gasteiger partial charge on any atom is -0.322 e. The molecule has 32 heavy (non-hydrogen) atoms. The highest BCUT2D eigenvalue weighted by Gasteiger charge is 2.25. The second kappa shape index (κ2) is 8.99. The van der Waals surface area contributed by atoms with E-state index in [9.17, 15) is 13.2 Å². The van der Waals surface area contributed by atoms with Gasteiger partial charge in [0.25, 0.3) is 5.91 Å². The molecule has 3 heterocycles. The maximum Gasteiger partial charge on any atom is 0.257 e. The molecule has 1 amide bonds. The van der Waals surface area contributed by atoms with Crippen molar-refractivity contribution in [2.45, 2.75) is 57.4 Å². The number of hydrogen-bond donors (Lipinski definition) is 1. The summed E-state index contributed by atoms with van der Waals surface area (Å²) in [6.45, 7) is 6.97. The summed E-state index contributed by atoms with van der Waals surface area (Å²) in [5, 5.41) is 8.01. The fourth-order valence-electron chi connectivity index (χ4n) is 4.01. The average molecular weight is 456 g/mol. The van der Waals surface area contributed by atoms with Crippen molar-refractivity contribution in [3.05, 3.63) is 47.8 Å². The van der Waals surface area contributed by atoms with E-state index in [0.717, 1.165) is 36.7 Å². The second-order valence-corrected chi connectivity index (χ2v) is 10.5. The third kappa shape index (κ3) is 4.40. The molecule has 1 aliphatic heterocycles. The van der Waals surface area contributed by atoms with Crippen molar-refractivity contribution in [1.29, 1.82) is 0 Å². The first-order chi connectivity index (χ1) is 15.3. The predicted molar refractivity (Wildman–Crippen MR) is 124 cm³/mol. The summed E-state index contributed by atoms with van der Waals surface area (Å²) in [6.07, 6.45) is 5.62. The maximum atomic E-state index is 12.9. The van der Waals surface area contributed by atoms with Gasteiger partial charge >= 0.3 is 0 Å². The van der Waals surface area contributed by atoms with E-state index in [0.29, 0.717) is 30.0 Å². The van der Waals surface area contributed by atoms with Gasteiger partial charge in [-0.3, -0.25) is 4.79 Å². The predicted octanol–water partition coefficient (Wildman–Crippen LogP) is 4.14. The number of fused-ring (bicyclic) bond motifs is 1. The number of anilines is 1. The minimum absolute atomic E-state index is 0.170. The van der Waals surface area contributed by atoms with Crippen LogP contribution in [0.1, 0.15) is 61.6 Å². The van der Waals surface area contributed by atoms with Gasteiger partial charge in [-0.15, -0.1) is 0 Å². The number of pyridine rings is 1. The molecule has 1 N–H and O–H groups in total. The van der Waals surface area contributed by atoms with Crippen molar-refractivity contribution in [1.82, 2.24) is 19.1 Å². The van der Waals surface area contributed by atoms with Crippen LogP contribution in [0.5, 0.6) is 0 Å².